The number of fused-ring (bicyclic) bond motifs is 1. The number of ketones is 1. The normalized spacial score (nSPS) is 10.9. The lowest BCUT2D eigenvalue weighted by atomic mass is 10.0. The van der Waals surface area contributed by atoms with Crippen LogP contribution in [0.2, 0.25) is 0 Å². The molecule has 0 radical (unpaired) electrons. The molecule has 0 aliphatic carbocycles. The van der Waals surface area contributed by atoms with E-state index in [1.807, 2.05) is 36.4 Å². The lowest BCUT2D eigenvalue weighted by Gasteiger charge is -2.13. The van der Waals surface area contributed by atoms with Crippen LogP contribution in [0.25, 0.3) is 16.7 Å². The van der Waals surface area contributed by atoms with Crippen molar-refractivity contribution in [2.75, 3.05) is 0 Å². The van der Waals surface area contributed by atoms with Gasteiger partial charge in [-0.1, -0.05) is 48.5 Å². The molecule has 0 aliphatic rings. The first kappa shape index (κ1) is 17.7. The van der Waals surface area contributed by atoms with Gasteiger partial charge in [-0.3, -0.25) is 14.2 Å². The quantitative estimate of drug-likeness (QED) is 0.541. The van der Waals surface area contributed by atoms with Gasteiger partial charge in [-0.05, 0) is 36.2 Å². The third kappa shape index (κ3) is 3.18. The average molecular weight is 370 g/mol. The zero-order valence-corrected chi connectivity index (χ0v) is 15.1. The van der Waals surface area contributed by atoms with Crippen LogP contribution in [0.4, 0.5) is 0 Å². The molecule has 0 unspecified atom stereocenters. The summed E-state index contributed by atoms with van der Waals surface area (Å²) in [4.78, 5) is 30.4. The Balaban J connectivity index is 1.85. The molecule has 1 N–H and O–H groups in total. The molecule has 2 heterocycles. The number of nitrogens with zero attached hydrogens (tertiary/aromatic N) is 2. The summed E-state index contributed by atoms with van der Waals surface area (Å²) in [5.41, 5.74) is 1.15. The Labute approximate surface area is 161 Å². The second-order valence-electron chi connectivity index (χ2n) is 6.48. The molecule has 0 saturated carbocycles. The van der Waals surface area contributed by atoms with Crippen molar-refractivity contribution in [2.24, 2.45) is 0 Å². The van der Waals surface area contributed by atoms with Crippen LogP contribution in [0.15, 0.2) is 83.8 Å². The predicted octanol–water partition coefficient (Wildman–Crippen LogP) is 3.91. The van der Waals surface area contributed by atoms with Gasteiger partial charge in [0.2, 0.25) is 0 Å². The topological polar surface area (TPSA) is 72.2 Å². The van der Waals surface area contributed by atoms with Crippen LogP contribution in [-0.4, -0.2) is 20.4 Å². The fourth-order valence-corrected chi connectivity index (χ4v) is 3.30. The van der Waals surface area contributed by atoms with E-state index in [1.165, 1.54) is 4.57 Å². The molecule has 138 valence electrons. The SMILES string of the molecule is O=C(CCc1ccccc1)c1c(O)c2cccnc2n(-c2ccccc2)c1=O. The van der Waals surface area contributed by atoms with E-state index in [-0.39, 0.29) is 23.5 Å². The van der Waals surface area contributed by atoms with Crippen molar-refractivity contribution in [2.45, 2.75) is 12.8 Å². The number of aromatic nitrogens is 2. The first-order valence-corrected chi connectivity index (χ1v) is 9.02. The number of carbonyl (C=O) groups is 1. The number of hydrogen-bond acceptors (Lipinski definition) is 4. The molecule has 5 heteroatoms. The van der Waals surface area contributed by atoms with Gasteiger partial charge in [0.15, 0.2) is 11.4 Å². The summed E-state index contributed by atoms with van der Waals surface area (Å²) in [6, 6.07) is 21.9. The van der Waals surface area contributed by atoms with E-state index in [4.69, 9.17) is 0 Å². The third-order valence-corrected chi connectivity index (χ3v) is 4.68. The minimum atomic E-state index is -0.562. The number of hydrogen-bond donors (Lipinski definition) is 1. The van der Waals surface area contributed by atoms with Crippen LogP contribution >= 0.6 is 0 Å². The van der Waals surface area contributed by atoms with E-state index in [1.54, 1.807) is 42.6 Å². The van der Waals surface area contributed by atoms with Gasteiger partial charge < -0.3 is 5.11 Å². The fourth-order valence-electron chi connectivity index (χ4n) is 3.30. The van der Waals surface area contributed by atoms with E-state index in [0.29, 0.717) is 23.1 Å². The van der Waals surface area contributed by atoms with Gasteiger partial charge in [0.1, 0.15) is 11.3 Å². The van der Waals surface area contributed by atoms with Crippen molar-refractivity contribution < 1.29 is 9.90 Å². The molecule has 0 bridgehead atoms. The van der Waals surface area contributed by atoms with Crippen LogP contribution in [0.3, 0.4) is 0 Å². The Morgan fingerprint density at radius 1 is 0.929 bits per heavy atom. The van der Waals surface area contributed by atoms with Crippen molar-refractivity contribution in [1.82, 2.24) is 9.55 Å². The lowest BCUT2D eigenvalue weighted by molar-refractivity contribution is 0.0978. The maximum atomic E-state index is 13.2. The fraction of sp³-hybridized carbons (Fsp3) is 0.0870. The van der Waals surface area contributed by atoms with Crippen molar-refractivity contribution in [3.05, 3.63) is 100 Å². The summed E-state index contributed by atoms with van der Waals surface area (Å²) in [6.07, 6.45) is 2.18. The molecule has 28 heavy (non-hydrogen) atoms. The summed E-state index contributed by atoms with van der Waals surface area (Å²) in [5, 5.41) is 11.1. The van der Waals surface area contributed by atoms with Gasteiger partial charge in [0, 0.05) is 12.6 Å². The maximum Gasteiger partial charge on any atom is 0.271 e. The monoisotopic (exact) mass is 370 g/mol. The molecule has 0 fully saturated rings. The predicted molar refractivity (Wildman–Crippen MR) is 108 cm³/mol. The van der Waals surface area contributed by atoms with E-state index < -0.39 is 5.56 Å². The number of rotatable bonds is 5. The largest absolute Gasteiger partial charge is 0.506 e. The number of pyridine rings is 2. The molecule has 0 spiro atoms. The number of benzene rings is 2. The average Bonchev–Trinajstić information content (AvgIpc) is 2.74. The molecule has 2 aromatic heterocycles. The highest BCUT2D eigenvalue weighted by Gasteiger charge is 2.23. The Kier molecular flexibility index (Phi) is 4.72. The van der Waals surface area contributed by atoms with E-state index in [0.717, 1.165) is 5.56 Å². The second kappa shape index (κ2) is 7.48. The zero-order chi connectivity index (χ0) is 19.5. The number of carbonyl (C=O) groups excluding carboxylic acids is 1. The van der Waals surface area contributed by atoms with Gasteiger partial charge in [-0.15, -0.1) is 0 Å². The summed E-state index contributed by atoms with van der Waals surface area (Å²) in [7, 11) is 0. The van der Waals surface area contributed by atoms with Crippen LogP contribution in [0, 0.1) is 0 Å². The molecule has 0 aliphatic heterocycles. The van der Waals surface area contributed by atoms with Crippen LogP contribution < -0.4 is 5.56 Å². The Hall–Kier alpha value is -3.73. The van der Waals surface area contributed by atoms with Gasteiger partial charge in [-0.2, -0.15) is 0 Å². The highest BCUT2D eigenvalue weighted by atomic mass is 16.3. The molecule has 0 saturated heterocycles. The Bertz CT molecular complexity index is 1200. The number of aryl methyl sites for hydroxylation is 1. The Morgan fingerprint density at radius 2 is 1.61 bits per heavy atom. The minimum Gasteiger partial charge on any atom is -0.506 e. The van der Waals surface area contributed by atoms with Crippen molar-refractivity contribution in [1.29, 1.82) is 0 Å². The number of aromatic hydroxyl groups is 1. The minimum absolute atomic E-state index is 0.132. The molecule has 5 nitrogen and oxygen atoms in total. The van der Waals surface area contributed by atoms with Gasteiger partial charge in [0.25, 0.3) is 5.56 Å². The summed E-state index contributed by atoms with van der Waals surface area (Å²) < 4.78 is 1.38. The first-order chi connectivity index (χ1) is 13.7. The molecule has 2 aromatic carbocycles. The van der Waals surface area contributed by atoms with Crippen molar-refractivity contribution >= 4 is 16.8 Å². The third-order valence-electron chi connectivity index (χ3n) is 4.68. The highest BCUT2D eigenvalue weighted by molar-refractivity contribution is 6.03. The van der Waals surface area contributed by atoms with Crippen LogP contribution in [-0.2, 0) is 6.42 Å². The smallest absolute Gasteiger partial charge is 0.271 e. The van der Waals surface area contributed by atoms with Crippen molar-refractivity contribution in [3.8, 4) is 11.4 Å². The summed E-state index contributed by atoms with van der Waals surface area (Å²) >= 11 is 0. The van der Waals surface area contributed by atoms with Gasteiger partial charge in [-0.25, -0.2) is 4.98 Å². The molecule has 0 atom stereocenters. The molecule has 4 rings (SSSR count). The van der Waals surface area contributed by atoms with Gasteiger partial charge in [0.05, 0.1) is 11.1 Å². The number of para-hydroxylation sites is 1. The molecular formula is C23H18N2O3. The lowest BCUT2D eigenvalue weighted by Crippen LogP contribution is -2.26. The number of Topliss-reactive ketones (excluding diaryl/α,β-unsaturated/α-hetero) is 1. The summed E-state index contributed by atoms with van der Waals surface area (Å²) in [6.45, 7) is 0. The molecular weight excluding hydrogens is 352 g/mol. The van der Waals surface area contributed by atoms with Crippen molar-refractivity contribution in [3.63, 3.8) is 0 Å². The highest BCUT2D eigenvalue weighted by Crippen LogP contribution is 2.27. The van der Waals surface area contributed by atoms with Crippen LogP contribution in [0.5, 0.6) is 5.75 Å². The second-order valence-corrected chi connectivity index (χ2v) is 6.48. The van der Waals surface area contributed by atoms with Crippen LogP contribution in [0.1, 0.15) is 22.3 Å². The maximum absolute atomic E-state index is 13.2. The van der Waals surface area contributed by atoms with E-state index >= 15 is 0 Å². The standard InChI is InChI=1S/C23H18N2O3/c26-19(14-13-16-8-3-1-4-9-16)20-21(27)18-12-7-15-24-22(18)25(23(20)28)17-10-5-2-6-11-17/h1-12,15,27H,13-14H2. The Morgan fingerprint density at radius 3 is 2.32 bits per heavy atom. The van der Waals surface area contributed by atoms with E-state index in [2.05, 4.69) is 4.98 Å². The van der Waals surface area contributed by atoms with Gasteiger partial charge >= 0.3 is 0 Å². The molecule has 0 amide bonds. The van der Waals surface area contributed by atoms with E-state index in [9.17, 15) is 14.7 Å². The summed E-state index contributed by atoms with van der Waals surface area (Å²) in [5.74, 6) is -0.694. The zero-order valence-electron chi connectivity index (χ0n) is 15.1. The first-order valence-electron chi connectivity index (χ1n) is 9.02. The molecule has 4 aromatic rings.